The van der Waals surface area contributed by atoms with Gasteiger partial charge in [-0.3, -0.25) is 14.4 Å². The molecular formula is C26H36N2O5S. The number of hydrogen-bond acceptors (Lipinski definition) is 7. The monoisotopic (exact) mass is 488 g/mol. The van der Waals surface area contributed by atoms with E-state index < -0.39 is 29.8 Å². The van der Waals surface area contributed by atoms with E-state index >= 15 is 0 Å². The standard InChI is InChI=1S/C26H36N2O5S/c1-16(2)13-22(25(32)27-20-9-7-18(8-10-20)17(3)29)28-24(31)21(19-11-12-34-15-19)14-23(30)33-26(4,5)6/h7-12,15-16,21-22,25,27,32H,13-14H2,1-6H3,(H,28,31). The van der Waals surface area contributed by atoms with Crippen molar-refractivity contribution in [2.45, 2.75) is 78.2 Å². The van der Waals surface area contributed by atoms with Crippen LogP contribution in [0.1, 0.15) is 76.2 Å². The second kappa shape index (κ2) is 12.1. The number of Topliss-reactive ketones (excluding diaryl/α,β-unsaturated/α-hetero) is 1. The normalized spacial score (nSPS) is 14.2. The lowest BCUT2D eigenvalue weighted by atomic mass is 9.95. The summed E-state index contributed by atoms with van der Waals surface area (Å²) in [5.41, 5.74) is 1.29. The molecule has 8 heteroatoms. The number of carbonyl (C=O) groups excluding carboxylic acids is 3. The van der Waals surface area contributed by atoms with Gasteiger partial charge < -0.3 is 20.5 Å². The maximum atomic E-state index is 13.3. The summed E-state index contributed by atoms with van der Waals surface area (Å²) in [5.74, 6) is -1.36. The number of amides is 1. The Labute approximate surface area is 205 Å². The van der Waals surface area contributed by atoms with Crippen LogP contribution in [0.25, 0.3) is 0 Å². The molecule has 0 aliphatic rings. The van der Waals surface area contributed by atoms with E-state index in [4.69, 9.17) is 4.74 Å². The van der Waals surface area contributed by atoms with Gasteiger partial charge in [-0.1, -0.05) is 13.8 Å². The second-order valence-corrected chi connectivity index (χ2v) is 10.6. The molecule has 1 amide bonds. The fraction of sp³-hybridized carbons (Fsp3) is 0.500. The number of anilines is 1. The molecule has 186 valence electrons. The fourth-order valence-electron chi connectivity index (χ4n) is 3.52. The Morgan fingerprint density at radius 1 is 1.09 bits per heavy atom. The van der Waals surface area contributed by atoms with Crippen LogP contribution in [0.4, 0.5) is 5.69 Å². The number of rotatable bonds is 11. The molecule has 7 nitrogen and oxygen atoms in total. The van der Waals surface area contributed by atoms with Crippen molar-refractivity contribution in [2.24, 2.45) is 5.92 Å². The van der Waals surface area contributed by atoms with Crippen molar-refractivity contribution < 1.29 is 24.2 Å². The number of nitrogens with one attached hydrogen (secondary N) is 2. The summed E-state index contributed by atoms with van der Waals surface area (Å²) in [6.07, 6.45) is -0.641. The number of esters is 1. The van der Waals surface area contributed by atoms with E-state index in [2.05, 4.69) is 10.6 Å². The highest BCUT2D eigenvalue weighted by Gasteiger charge is 2.31. The van der Waals surface area contributed by atoms with Crippen molar-refractivity contribution >= 4 is 34.7 Å². The number of hydrogen-bond donors (Lipinski definition) is 3. The van der Waals surface area contributed by atoms with E-state index in [-0.39, 0.29) is 24.0 Å². The quantitative estimate of drug-likeness (QED) is 0.240. The Balaban J connectivity index is 2.16. The molecule has 0 aliphatic carbocycles. The third kappa shape index (κ3) is 8.91. The van der Waals surface area contributed by atoms with E-state index in [0.717, 1.165) is 5.56 Å². The first-order valence-electron chi connectivity index (χ1n) is 11.5. The van der Waals surface area contributed by atoms with Crippen LogP contribution in [-0.2, 0) is 14.3 Å². The molecule has 1 aromatic carbocycles. The molecule has 0 bridgehead atoms. The van der Waals surface area contributed by atoms with E-state index in [1.807, 2.05) is 30.7 Å². The Hall–Kier alpha value is -2.71. The average molecular weight is 489 g/mol. The average Bonchev–Trinajstić information content (AvgIpc) is 3.24. The van der Waals surface area contributed by atoms with Crippen LogP contribution in [0.5, 0.6) is 0 Å². The van der Waals surface area contributed by atoms with E-state index in [0.29, 0.717) is 17.7 Å². The van der Waals surface area contributed by atoms with Crippen molar-refractivity contribution in [3.05, 3.63) is 52.2 Å². The Morgan fingerprint density at radius 2 is 1.74 bits per heavy atom. The number of ether oxygens (including phenoxy) is 1. The molecule has 0 spiro atoms. The first-order valence-corrected chi connectivity index (χ1v) is 12.4. The molecule has 3 atom stereocenters. The van der Waals surface area contributed by atoms with Crippen LogP contribution >= 0.6 is 11.3 Å². The molecule has 2 aromatic rings. The van der Waals surface area contributed by atoms with Crippen LogP contribution in [0, 0.1) is 5.92 Å². The van der Waals surface area contributed by atoms with Crippen LogP contribution in [-0.4, -0.2) is 40.6 Å². The predicted octanol–water partition coefficient (Wildman–Crippen LogP) is 4.73. The van der Waals surface area contributed by atoms with Gasteiger partial charge in [0.1, 0.15) is 11.8 Å². The van der Waals surface area contributed by atoms with Gasteiger partial charge in [0, 0.05) is 11.3 Å². The minimum atomic E-state index is -1.07. The summed E-state index contributed by atoms with van der Waals surface area (Å²) < 4.78 is 5.44. The Bertz CT molecular complexity index is 949. The Kier molecular flexibility index (Phi) is 9.82. The molecule has 0 saturated carbocycles. The van der Waals surface area contributed by atoms with Crippen molar-refractivity contribution in [3.8, 4) is 0 Å². The highest BCUT2D eigenvalue weighted by Crippen LogP contribution is 2.25. The zero-order valence-electron chi connectivity index (χ0n) is 20.8. The summed E-state index contributed by atoms with van der Waals surface area (Å²) in [7, 11) is 0. The minimum Gasteiger partial charge on any atom is -0.460 e. The van der Waals surface area contributed by atoms with Gasteiger partial charge in [-0.05, 0) is 86.7 Å². The highest BCUT2D eigenvalue weighted by molar-refractivity contribution is 7.08. The number of carbonyl (C=O) groups is 3. The molecule has 0 saturated heterocycles. The van der Waals surface area contributed by atoms with Crippen LogP contribution < -0.4 is 10.6 Å². The SMILES string of the molecule is CC(=O)c1ccc(NC(O)C(CC(C)C)NC(=O)C(CC(=O)OC(C)(C)C)c2ccsc2)cc1. The molecule has 0 aliphatic heterocycles. The summed E-state index contributed by atoms with van der Waals surface area (Å²) in [6, 6.07) is 8.01. The maximum absolute atomic E-state index is 13.3. The maximum Gasteiger partial charge on any atom is 0.307 e. The van der Waals surface area contributed by atoms with Crippen molar-refractivity contribution in [1.82, 2.24) is 5.32 Å². The third-order valence-corrected chi connectivity index (χ3v) is 5.79. The van der Waals surface area contributed by atoms with Crippen LogP contribution in [0.2, 0.25) is 0 Å². The number of benzene rings is 1. The lowest BCUT2D eigenvalue weighted by molar-refractivity contribution is -0.156. The van der Waals surface area contributed by atoms with Gasteiger partial charge in [-0.15, -0.1) is 0 Å². The summed E-state index contributed by atoms with van der Waals surface area (Å²) in [4.78, 5) is 37.3. The van der Waals surface area contributed by atoms with Gasteiger partial charge in [0.25, 0.3) is 0 Å². The van der Waals surface area contributed by atoms with Crippen molar-refractivity contribution in [1.29, 1.82) is 0 Å². The molecule has 34 heavy (non-hydrogen) atoms. The molecule has 2 rings (SSSR count). The van der Waals surface area contributed by atoms with Gasteiger partial charge in [-0.25, -0.2) is 0 Å². The second-order valence-electron chi connectivity index (χ2n) is 9.87. The topological polar surface area (TPSA) is 105 Å². The summed E-state index contributed by atoms with van der Waals surface area (Å²) >= 11 is 1.45. The van der Waals surface area contributed by atoms with Crippen LogP contribution in [0.15, 0.2) is 41.1 Å². The molecule has 0 radical (unpaired) electrons. The summed E-state index contributed by atoms with van der Waals surface area (Å²) in [5, 5.41) is 20.6. The van der Waals surface area contributed by atoms with Crippen molar-refractivity contribution in [3.63, 3.8) is 0 Å². The first-order chi connectivity index (χ1) is 15.9. The predicted molar refractivity (Wildman–Crippen MR) is 135 cm³/mol. The third-order valence-electron chi connectivity index (χ3n) is 5.09. The van der Waals surface area contributed by atoms with E-state index in [9.17, 15) is 19.5 Å². The Morgan fingerprint density at radius 3 is 2.24 bits per heavy atom. The van der Waals surface area contributed by atoms with Crippen LogP contribution in [0.3, 0.4) is 0 Å². The smallest absolute Gasteiger partial charge is 0.307 e. The number of ketones is 1. The van der Waals surface area contributed by atoms with Gasteiger partial charge in [0.15, 0.2) is 5.78 Å². The number of thiophene rings is 1. The molecule has 1 heterocycles. The number of aliphatic hydroxyl groups excluding tert-OH is 1. The largest absolute Gasteiger partial charge is 0.460 e. The molecule has 1 aromatic heterocycles. The lowest BCUT2D eigenvalue weighted by Gasteiger charge is -2.29. The van der Waals surface area contributed by atoms with E-state index in [1.54, 1.807) is 45.0 Å². The molecule has 0 fully saturated rings. The minimum absolute atomic E-state index is 0.0403. The fourth-order valence-corrected chi connectivity index (χ4v) is 4.23. The molecule has 3 N–H and O–H groups in total. The van der Waals surface area contributed by atoms with Crippen molar-refractivity contribution in [2.75, 3.05) is 5.32 Å². The van der Waals surface area contributed by atoms with Gasteiger partial charge in [0.2, 0.25) is 5.91 Å². The van der Waals surface area contributed by atoms with Gasteiger partial charge in [-0.2, -0.15) is 11.3 Å². The first kappa shape index (κ1) is 27.5. The lowest BCUT2D eigenvalue weighted by Crippen LogP contribution is -2.49. The van der Waals surface area contributed by atoms with Gasteiger partial charge >= 0.3 is 5.97 Å². The summed E-state index contributed by atoms with van der Waals surface area (Å²) in [6.45, 7) is 10.9. The zero-order valence-corrected chi connectivity index (χ0v) is 21.6. The molecule has 3 unspecified atom stereocenters. The zero-order chi connectivity index (χ0) is 25.5. The highest BCUT2D eigenvalue weighted by atomic mass is 32.1. The van der Waals surface area contributed by atoms with E-state index in [1.165, 1.54) is 18.3 Å². The number of aliphatic hydroxyl groups is 1. The molecular weight excluding hydrogens is 452 g/mol. The van der Waals surface area contributed by atoms with Gasteiger partial charge in [0.05, 0.1) is 18.4 Å².